The number of urea groups is 1. The molecule has 1 heterocycles. The monoisotopic (exact) mass is 387 g/mol. The molecular formula is C21H26FN3O3. The first kappa shape index (κ1) is 19.9. The molecule has 0 atom stereocenters. The van der Waals surface area contributed by atoms with Gasteiger partial charge in [-0.15, -0.1) is 0 Å². The number of hydrogen-bond donors (Lipinski definition) is 3. The van der Waals surface area contributed by atoms with Crippen LogP contribution < -0.4 is 5.32 Å². The first-order chi connectivity index (χ1) is 13.4. The van der Waals surface area contributed by atoms with E-state index in [0.717, 1.165) is 37.6 Å². The van der Waals surface area contributed by atoms with E-state index >= 15 is 0 Å². The van der Waals surface area contributed by atoms with E-state index in [1.807, 2.05) is 0 Å². The second-order valence-corrected chi connectivity index (χ2v) is 7.26. The maximum Gasteiger partial charge on any atom is 0.318 e. The smallest absolute Gasteiger partial charge is 0.318 e. The van der Waals surface area contributed by atoms with Crippen LogP contribution in [0.15, 0.2) is 42.5 Å². The molecule has 1 aliphatic heterocycles. The largest absolute Gasteiger partial charge is 0.508 e. The first-order valence-corrected chi connectivity index (χ1v) is 9.40. The average Bonchev–Trinajstić information content (AvgIpc) is 2.68. The van der Waals surface area contributed by atoms with Crippen molar-refractivity contribution in [2.24, 2.45) is 0 Å². The Morgan fingerprint density at radius 3 is 2.50 bits per heavy atom. The maximum atomic E-state index is 13.3. The highest BCUT2D eigenvalue weighted by molar-refractivity contribution is 5.74. The zero-order valence-corrected chi connectivity index (χ0v) is 15.9. The maximum absolute atomic E-state index is 13.3. The van der Waals surface area contributed by atoms with Crippen molar-refractivity contribution in [3.05, 3.63) is 59.4 Å². The quantitative estimate of drug-likeness (QED) is 0.737. The van der Waals surface area contributed by atoms with E-state index < -0.39 is 5.82 Å². The second-order valence-electron chi connectivity index (χ2n) is 7.26. The molecule has 2 amide bonds. The summed E-state index contributed by atoms with van der Waals surface area (Å²) >= 11 is 0. The molecule has 2 aromatic carbocycles. The number of nitrogens with zero attached hydrogens (tertiary/aromatic N) is 2. The number of aromatic hydroxyl groups is 2. The number of piperidine rings is 1. The lowest BCUT2D eigenvalue weighted by Crippen LogP contribution is -2.49. The fourth-order valence-corrected chi connectivity index (χ4v) is 3.42. The molecule has 1 aliphatic rings. The normalized spacial score (nSPS) is 15.4. The van der Waals surface area contributed by atoms with E-state index in [4.69, 9.17) is 0 Å². The van der Waals surface area contributed by atoms with E-state index in [2.05, 4.69) is 17.3 Å². The molecule has 0 spiro atoms. The van der Waals surface area contributed by atoms with Crippen LogP contribution in [0.4, 0.5) is 9.18 Å². The Labute approximate surface area is 164 Å². The molecule has 3 rings (SSSR count). The van der Waals surface area contributed by atoms with Crippen molar-refractivity contribution in [3.63, 3.8) is 0 Å². The third-order valence-corrected chi connectivity index (χ3v) is 5.16. The van der Waals surface area contributed by atoms with Gasteiger partial charge in [-0.05, 0) is 56.7 Å². The molecule has 0 aromatic heterocycles. The van der Waals surface area contributed by atoms with E-state index in [-0.39, 0.29) is 30.1 Å². The van der Waals surface area contributed by atoms with Crippen molar-refractivity contribution in [2.45, 2.75) is 32.0 Å². The van der Waals surface area contributed by atoms with Gasteiger partial charge in [0.25, 0.3) is 0 Å². The highest BCUT2D eigenvalue weighted by Crippen LogP contribution is 2.24. The Hall–Kier alpha value is -2.80. The zero-order valence-electron chi connectivity index (χ0n) is 15.9. The molecule has 0 saturated carbocycles. The summed E-state index contributed by atoms with van der Waals surface area (Å²) in [7, 11) is 2.05. The Bertz CT molecular complexity index is 805. The number of likely N-dealkylation sites (tertiary alicyclic amines) is 1. The van der Waals surface area contributed by atoms with Gasteiger partial charge in [-0.25, -0.2) is 9.18 Å². The average molecular weight is 387 g/mol. The topological polar surface area (TPSA) is 76.0 Å². The standard InChI is InChI=1S/C21H26FN3O3/c1-24-10-8-18(9-11-24)25(14-16-4-5-17(22)12-20(16)27)21(28)23-13-15-2-6-19(26)7-3-15/h2-7,12,18,26-27H,8-11,13-14H2,1H3,(H,23,28). The summed E-state index contributed by atoms with van der Waals surface area (Å²) in [6.45, 7) is 2.32. The summed E-state index contributed by atoms with van der Waals surface area (Å²) in [6, 6.07) is 10.3. The second kappa shape index (κ2) is 8.93. The van der Waals surface area contributed by atoms with Crippen molar-refractivity contribution in [2.75, 3.05) is 20.1 Å². The fourth-order valence-electron chi connectivity index (χ4n) is 3.42. The Morgan fingerprint density at radius 1 is 1.18 bits per heavy atom. The van der Waals surface area contributed by atoms with Crippen LogP contribution in [0, 0.1) is 5.82 Å². The lowest BCUT2D eigenvalue weighted by atomic mass is 10.0. The Kier molecular flexibility index (Phi) is 6.36. The van der Waals surface area contributed by atoms with Crippen LogP contribution in [0.25, 0.3) is 0 Å². The van der Waals surface area contributed by atoms with Gasteiger partial charge >= 0.3 is 6.03 Å². The van der Waals surface area contributed by atoms with Crippen molar-refractivity contribution in [1.82, 2.24) is 15.1 Å². The van der Waals surface area contributed by atoms with Crippen LogP contribution in [0.2, 0.25) is 0 Å². The van der Waals surface area contributed by atoms with Crippen molar-refractivity contribution in [3.8, 4) is 11.5 Å². The molecule has 28 heavy (non-hydrogen) atoms. The van der Waals surface area contributed by atoms with Crippen LogP contribution in [0.5, 0.6) is 11.5 Å². The number of halogens is 1. The third-order valence-electron chi connectivity index (χ3n) is 5.16. The van der Waals surface area contributed by atoms with Crippen molar-refractivity contribution < 1.29 is 19.4 Å². The SMILES string of the molecule is CN1CCC(N(Cc2ccc(F)cc2O)C(=O)NCc2ccc(O)cc2)CC1. The lowest BCUT2D eigenvalue weighted by Gasteiger charge is -2.37. The van der Waals surface area contributed by atoms with Crippen LogP contribution in [0.1, 0.15) is 24.0 Å². The lowest BCUT2D eigenvalue weighted by molar-refractivity contribution is 0.126. The highest BCUT2D eigenvalue weighted by Gasteiger charge is 2.27. The van der Waals surface area contributed by atoms with E-state index in [9.17, 15) is 19.4 Å². The summed E-state index contributed by atoms with van der Waals surface area (Å²) in [5.74, 6) is -0.483. The molecule has 0 radical (unpaired) electrons. The number of carbonyl (C=O) groups excluding carboxylic acids is 1. The number of phenols is 2. The molecule has 0 bridgehead atoms. The van der Waals surface area contributed by atoms with Crippen LogP contribution >= 0.6 is 0 Å². The predicted molar refractivity (Wildman–Crippen MR) is 104 cm³/mol. The van der Waals surface area contributed by atoms with Gasteiger partial charge in [-0.2, -0.15) is 0 Å². The molecule has 0 aliphatic carbocycles. The van der Waals surface area contributed by atoms with Crippen LogP contribution in [-0.2, 0) is 13.1 Å². The Morgan fingerprint density at radius 2 is 1.86 bits per heavy atom. The minimum atomic E-state index is -0.510. The van der Waals surface area contributed by atoms with Gasteiger partial charge in [-0.1, -0.05) is 18.2 Å². The molecule has 7 heteroatoms. The molecule has 6 nitrogen and oxygen atoms in total. The molecule has 0 unspecified atom stereocenters. The number of rotatable bonds is 5. The number of benzene rings is 2. The van der Waals surface area contributed by atoms with E-state index in [1.54, 1.807) is 29.2 Å². The number of hydrogen-bond acceptors (Lipinski definition) is 4. The summed E-state index contributed by atoms with van der Waals surface area (Å²) in [5, 5.41) is 22.4. The predicted octanol–water partition coefficient (Wildman–Crippen LogP) is 3.04. The van der Waals surface area contributed by atoms with Gasteiger partial charge in [0.15, 0.2) is 0 Å². The van der Waals surface area contributed by atoms with Gasteiger partial charge in [0.1, 0.15) is 17.3 Å². The van der Waals surface area contributed by atoms with Crippen molar-refractivity contribution >= 4 is 6.03 Å². The molecule has 150 valence electrons. The molecule has 1 fully saturated rings. The van der Waals surface area contributed by atoms with Gasteiger partial charge < -0.3 is 25.3 Å². The first-order valence-electron chi connectivity index (χ1n) is 9.40. The number of amides is 2. The number of nitrogens with one attached hydrogen (secondary N) is 1. The minimum absolute atomic E-state index is 0.0421. The zero-order chi connectivity index (χ0) is 20.1. The van der Waals surface area contributed by atoms with E-state index in [1.165, 1.54) is 12.1 Å². The molecule has 3 N–H and O–H groups in total. The van der Waals surface area contributed by atoms with E-state index in [0.29, 0.717) is 12.1 Å². The molecule has 1 saturated heterocycles. The van der Waals surface area contributed by atoms with Gasteiger partial charge in [0.05, 0.1) is 6.54 Å². The van der Waals surface area contributed by atoms with Crippen molar-refractivity contribution in [1.29, 1.82) is 0 Å². The van der Waals surface area contributed by atoms with Gasteiger partial charge in [-0.3, -0.25) is 0 Å². The highest BCUT2D eigenvalue weighted by atomic mass is 19.1. The number of carbonyl (C=O) groups is 1. The van der Waals surface area contributed by atoms with Crippen LogP contribution in [-0.4, -0.2) is 52.2 Å². The van der Waals surface area contributed by atoms with Gasteiger partial charge in [0.2, 0.25) is 0 Å². The third kappa shape index (κ3) is 5.13. The van der Waals surface area contributed by atoms with Gasteiger partial charge in [0, 0.05) is 24.2 Å². The fraction of sp³-hybridized carbons (Fsp3) is 0.381. The van der Waals surface area contributed by atoms with Crippen LogP contribution in [0.3, 0.4) is 0 Å². The summed E-state index contributed by atoms with van der Waals surface area (Å²) in [6.07, 6.45) is 1.68. The minimum Gasteiger partial charge on any atom is -0.508 e. The Balaban J connectivity index is 1.72. The summed E-state index contributed by atoms with van der Waals surface area (Å²) < 4.78 is 13.3. The molecule has 2 aromatic rings. The molecular weight excluding hydrogens is 361 g/mol. The summed E-state index contributed by atoms with van der Waals surface area (Å²) in [5.41, 5.74) is 1.39. The number of phenolic OH excluding ortho intramolecular Hbond substituents is 2. The summed E-state index contributed by atoms with van der Waals surface area (Å²) in [4.78, 5) is 16.9.